The summed E-state index contributed by atoms with van der Waals surface area (Å²) < 4.78 is 4.71. The molecule has 0 aromatic heterocycles. The van der Waals surface area contributed by atoms with Crippen LogP contribution in [0.1, 0.15) is 19.8 Å². The van der Waals surface area contributed by atoms with E-state index >= 15 is 0 Å². The standard InChI is InChI=1S/C8H15NO2/c1-3-5-7(9)6-8(10)11-4-2/h3,7H,1,4-6,9H2,2H3/t7-/m0/s1. The Bertz CT molecular complexity index is 134. The van der Waals surface area contributed by atoms with Crippen molar-refractivity contribution in [1.29, 1.82) is 0 Å². The van der Waals surface area contributed by atoms with E-state index in [9.17, 15) is 4.79 Å². The van der Waals surface area contributed by atoms with Crippen LogP contribution in [0, 0.1) is 0 Å². The number of esters is 1. The van der Waals surface area contributed by atoms with Gasteiger partial charge in [0.2, 0.25) is 0 Å². The van der Waals surface area contributed by atoms with Gasteiger partial charge in [-0.15, -0.1) is 6.58 Å². The van der Waals surface area contributed by atoms with Crippen molar-refractivity contribution in [2.75, 3.05) is 6.61 Å². The minimum atomic E-state index is -0.234. The summed E-state index contributed by atoms with van der Waals surface area (Å²) in [5, 5.41) is 0. The topological polar surface area (TPSA) is 52.3 Å². The van der Waals surface area contributed by atoms with Crippen molar-refractivity contribution in [3.63, 3.8) is 0 Å². The molecule has 0 aliphatic carbocycles. The average molecular weight is 157 g/mol. The smallest absolute Gasteiger partial charge is 0.307 e. The van der Waals surface area contributed by atoms with Gasteiger partial charge in [-0.25, -0.2) is 0 Å². The predicted octanol–water partition coefficient (Wildman–Crippen LogP) is 0.843. The molecule has 11 heavy (non-hydrogen) atoms. The maximum absolute atomic E-state index is 10.8. The Hall–Kier alpha value is -0.830. The summed E-state index contributed by atoms with van der Waals surface area (Å²) in [4.78, 5) is 10.8. The Labute approximate surface area is 67.2 Å². The highest BCUT2D eigenvalue weighted by Crippen LogP contribution is 1.96. The third-order valence-corrected chi connectivity index (χ3v) is 1.20. The molecule has 0 radical (unpaired) electrons. The molecule has 0 saturated carbocycles. The van der Waals surface area contributed by atoms with Crippen LogP contribution in [-0.4, -0.2) is 18.6 Å². The van der Waals surface area contributed by atoms with Gasteiger partial charge in [-0.1, -0.05) is 6.08 Å². The van der Waals surface area contributed by atoms with Crippen molar-refractivity contribution in [2.24, 2.45) is 5.73 Å². The van der Waals surface area contributed by atoms with E-state index in [2.05, 4.69) is 6.58 Å². The molecule has 3 heteroatoms. The first-order valence-electron chi connectivity index (χ1n) is 3.72. The van der Waals surface area contributed by atoms with Crippen LogP contribution in [0.5, 0.6) is 0 Å². The van der Waals surface area contributed by atoms with Gasteiger partial charge in [-0.3, -0.25) is 4.79 Å². The monoisotopic (exact) mass is 157 g/mol. The molecular formula is C8H15NO2. The van der Waals surface area contributed by atoms with Crippen LogP contribution in [0.2, 0.25) is 0 Å². The summed E-state index contributed by atoms with van der Waals surface area (Å²) >= 11 is 0. The van der Waals surface area contributed by atoms with Crippen molar-refractivity contribution in [2.45, 2.75) is 25.8 Å². The fraction of sp³-hybridized carbons (Fsp3) is 0.625. The van der Waals surface area contributed by atoms with Crippen LogP contribution >= 0.6 is 0 Å². The van der Waals surface area contributed by atoms with Crippen molar-refractivity contribution in [3.05, 3.63) is 12.7 Å². The molecule has 0 saturated heterocycles. The average Bonchev–Trinajstić information content (AvgIpc) is 1.87. The van der Waals surface area contributed by atoms with Gasteiger partial charge in [0.1, 0.15) is 0 Å². The lowest BCUT2D eigenvalue weighted by Gasteiger charge is -2.06. The number of hydrogen-bond donors (Lipinski definition) is 1. The number of hydrogen-bond acceptors (Lipinski definition) is 3. The van der Waals surface area contributed by atoms with E-state index in [0.717, 1.165) is 0 Å². The predicted molar refractivity (Wildman–Crippen MR) is 44.0 cm³/mol. The molecule has 0 rings (SSSR count). The third kappa shape index (κ3) is 5.61. The van der Waals surface area contributed by atoms with Crippen LogP contribution < -0.4 is 5.73 Å². The highest BCUT2D eigenvalue weighted by Gasteiger charge is 2.07. The molecule has 64 valence electrons. The lowest BCUT2D eigenvalue weighted by molar-refractivity contribution is -0.143. The molecule has 0 fully saturated rings. The lowest BCUT2D eigenvalue weighted by Crippen LogP contribution is -2.24. The summed E-state index contributed by atoms with van der Waals surface area (Å²) in [6, 6.07) is -0.147. The normalized spacial score (nSPS) is 12.2. The maximum atomic E-state index is 10.8. The molecular weight excluding hydrogens is 142 g/mol. The summed E-state index contributed by atoms with van der Waals surface area (Å²) in [5.41, 5.74) is 5.54. The molecule has 3 nitrogen and oxygen atoms in total. The first-order chi connectivity index (χ1) is 5.20. The first kappa shape index (κ1) is 10.2. The van der Waals surface area contributed by atoms with E-state index < -0.39 is 0 Å². The van der Waals surface area contributed by atoms with Crippen molar-refractivity contribution in [1.82, 2.24) is 0 Å². The number of ether oxygens (including phenoxy) is 1. The van der Waals surface area contributed by atoms with Crippen LogP contribution in [0.25, 0.3) is 0 Å². The molecule has 0 heterocycles. The molecule has 0 aromatic carbocycles. The van der Waals surface area contributed by atoms with Gasteiger partial charge in [-0.2, -0.15) is 0 Å². The molecule has 0 spiro atoms. The summed E-state index contributed by atoms with van der Waals surface area (Å²) in [6.07, 6.45) is 2.63. The zero-order chi connectivity index (χ0) is 8.69. The third-order valence-electron chi connectivity index (χ3n) is 1.20. The van der Waals surface area contributed by atoms with Crippen LogP contribution in [0.15, 0.2) is 12.7 Å². The van der Waals surface area contributed by atoms with Crippen LogP contribution in [0.3, 0.4) is 0 Å². The lowest BCUT2D eigenvalue weighted by atomic mass is 10.1. The van der Waals surface area contributed by atoms with Crippen molar-refractivity contribution >= 4 is 5.97 Å². The Kier molecular flexibility index (Phi) is 5.47. The second kappa shape index (κ2) is 5.92. The van der Waals surface area contributed by atoms with E-state index in [1.807, 2.05) is 0 Å². The van der Waals surface area contributed by atoms with Gasteiger partial charge in [0.05, 0.1) is 13.0 Å². The Morgan fingerprint density at radius 3 is 2.91 bits per heavy atom. The molecule has 1 atom stereocenters. The molecule has 0 aromatic rings. The summed E-state index contributed by atoms with van der Waals surface area (Å²) in [7, 11) is 0. The second-order valence-corrected chi connectivity index (χ2v) is 2.29. The van der Waals surface area contributed by atoms with Gasteiger partial charge in [-0.05, 0) is 13.3 Å². The van der Waals surface area contributed by atoms with Crippen LogP contribution in [-0.2, 0) is 9.53 Å². The molecule has 0 aliphatic heterocycles. The highest BCUT2D eigenvalue weighted by molar-refractivity contribution is 5.70. The van der Waals surface area contributed by atoms with E-state index in [1.165, 1.54) is 0 Å². The van der Waals surface area contributed by atoms with Gasteiger partial charge >= 0.3 is 5.97 Å². The SMILES string of the molecule is C=CC[C@H](N)CC(=O)OCC. The Balaban J connectivity index is 3.48. The number of nitrogens with two attached hydrogens (primary N) is 1. The number of carbonyl (C=O) groups excluding carboxylic acids is 1. The minimum Gasteiger partial charge on any atom is -0.466 e. The van der Waals surface area contributed by atoms with E-state index in [-0.39, 0.29) is 18.4 Å². The highest BCUT2D eigenvalue weighted by atomic mass is 16.5. The fourth-order valence-electron chi connectivity index (χ4n) is 0.731. The quantitative estimate of drug-likeness (QED) is 0.475. The molecule has 2 N–H and O–H groups in total. The second-order valence-electron chi connectivity index (χ2n) is 2.29. The Morgan fingerprint density at radius 2 is 2.45 bits per heavy atom. The number of rotatable bonds is 5. The molecule has 0 bridgehead atoms. The number of carbonyl (C=O) groups is 1. The Morgan fingerprint density at radius 1 is 1.82 bits per heavy atom. The summed E-state index contributed by atoms with van der Waals surface area (Å²) in [6.45, 7) is 5.71. The fourth-order valence-corrected chi connectivity index (χ4v) is 0.731. The molecule has 0 amide bonds. The summed E-state index contributed by atoms with van der Waals surface area (Å²) in [5.74, 6) is -0.234. The van der Waals surface area contributed by atoms with Gasteiger partial charge in [0, 0.05) is 6.04 Å². The molecule has 0 unspecified atom stereocenters. The van der Waals surface area contributed by atoms with Gasteiger partial charge in [0.25, 0.3) is 0 Å². The zero-order valence-corrected chi connectivity index (χ0v) is 6.88. The van der Waals surface area contributed by atoms with E-state index in [4.69, 9.17) is 10.5 Å². The maximum Gasteiger partial charge on any atom is 0.307 e. The van der Waals surface area contributed by atoms with Crippen molar-refractivity contribution < 1.29 is 9.53 Å². The van der Waals surface area contributed by atoms with Gasteiger partial charge in [0.15, 0.2) is 0 Å². The van der Waals surface area contributed by atoms with E-state index in [1.54, 1.807) is 13.0 Å². The van der Waals surface area contributed by atoms with Gasteiger partial charge < -0.3 is 10.5 Å². The first-order valence-corrected chi connectivity index (χ1v) is 3.72. The largest absolute Gasteiger partial charge is 0.466 e. The van der Waals surface area contributed by atoms with E-state index in [0.29, 0.717) is 13.0 Å². The minimum absolute atomic E-state index is 0.147. The van der Waals surface area contributed by atoms with Crippen molar-refractivity contribution in [3.8, 4) is 0 Å². The zero-order valence-electron chi connectivity index (χ0n) is 6.88. The molecule has 0 aliphatic rings. The van der Waals surface area contributed by atoms with Crippen LogP contribution in [0.4, 0.5) is 0 Å².